The molecule has 0 bridgehead atoms. The molecule has 0 amide bonds. The summed E-state index contributed by atoms with van der Waals surface area (Å²) < 4.78 is 81.5. The molecule has 1 aromatic carbocycles. The first-order chi connectivity index (χ1) is 17.2. The van der Waals surface area contributed by atoms with Crippen LogP contribution in [-0.2, 0) is 34.2 Å². The van der Waals surface area contributed by atoms with Gasteiger partial charge in [-0.3, -0.25) is 4.57 Å². The average Bonchev–Trinajstić information content (AvgIpc) is 3.00. The van der Waals surface area contributed by atoms with Crippen LogP contribution in [0.2, 0.25) is 18.1 Å². The number of ether oxygens (including phenoxy) is 2. The Kier molecular flexibility index (Phi) is 10.9. The van der Waals surface area contributed by atoms with Gasteiger partial charge in [0, 0.05) is 18.8 Å². The zero-order valence-electron chi connectivity index (χ0n) is 24.3. The van der Waals surface area contributed by atoms with Crippen molar-refractivity contribution in [3.8, 4) is 0 Å². The fourth-order valence-corrected chi connectivity index (χ4v) is 7.64. The zero-order chi connectivity index (χ0) is 29.2. The van der Waals surface area contributed by atoms with E-state index in [0.29, 0.717) is 0 Å². The van der Waals surface area contributed by atoms with E-state index in [9.17, 15) is 9.13 Å². The Balaban J connectivity index is 2.60. The van der Waals surface area contributed by atoms with Crippen LogP contribution >= 0.6 is 14.5 Å². The van der Waals surface area contributed by atoms with Gasteiger partial charge in [0.25, 0.3) is 5.66 Å². The summed E-state index contributed by atoms with van der Waals surface area (Å²) in [4.78, 5) is 0. The van der Waals surface area contributed by atoms with Gasteiger partial charge in [-0.2, -0.15) is 8.78 Å². The molecule has 2 radical (unpaired) electrons. The highest BCUT2D eigenvalue weighted by Crippen LogP contribution is 2.60. The standard InChI is InChI=1S/C26H45BF2O6P2Si/c1-10-33-37(7,31)17-16-25(19-26(28,29)36(5,6)30)22(32-18-20-14-12-11-13-15-20)21(23(27)34-25)35-38(8,9)24(2,3)4/h11-15,21-23H,10,16-19H2,1-9H3/t21-,22?,23+,25-,37?/m0/s1. The highest BCUT2D eigenvalue weighted by Gasteiger charge is 2.62. The molecule has 38 heavy (non-hydrogen) atoms. The van der Waals surface area contributed by atoms with Gasteiger partial charge in [-0.05, 0) is 50.4 Å². The first-order valence-electron chi connectivity index (χ1n) is 13.1. The summed E-state index contributed by atoms with van der Waals surface area (Å²) in [7, 11) is -3.00. The lowest BCUT2D eigenvalue weighted by molar-refractivity contribution is -0.136. The second kappa shape index (κ2) is 12.3. The van der Waals surface area contributed by atoms with Gasteiger partial charge in [-0.25, -0.2) is 0 Å². The van der Waals surface area contributed by atoms with Crippen molar-refractivity contribution in [2.75, 3.05) is 32.8 Å². The zero-order valence-corrected chi connectivity index (χ0v) is 27.1. The van der Waals surface area contributed by atoms with Crippen molar-refractivity contribution in [2.45, 2.75) is 94.8 Å². The lowest BCUT2D eigenvalue weighted by Gasteiger charge is -2.42. The van der Waals surface area contributed by atoms with Crippen molar-refractivity contribution in [3.63, 3.8) is 0 Å². The third-order valence-corrected chi connectivity index (χ3v) is 15.7. The van der Waals surface area contributed by atoms with Gasteiger partial charge in [0.15, 0.2) is 15.7 Å². The normalized spacial score (nSPS) is 26.9. The minimum absolute atomic E-state index is 0.0284. The molecule has 0 saturated carbocycles. The molecular formula is C26H45BF2O6P2Si. The lowest BCUT2D eigenvalue weighted by atomic mass is 9.85. The Labute approximate surface area is 230 Å². The van der Waals surface area contributed by atoms with E-state index < -0.39 is 58.7 Å². The van der Waals surface area contributed by atoms with E-state index in [1.54, 1.807) is 6.92 Å². The van der Waals surface area contributed by atoms with Crippen molar-refractivity contribution in [1.29, 1.82) is 0 Å². The van der Waals surface area contributed by atoms with Crippen molar-refractivity contribution < 1.29 is 36.3 Å². The Hall–Kier alpha value is -0.338. The van der Waals surface area contributed by atoms with Crippen LogP contribution in [0, 0.1) is 0 Å². The van der Waals surface area contributed by atoms with Gasteiger partial charge in [0.1, 0.15) is 26.7 Å². The molecule has 0 aromatic heterocycles. The molecular weight excluding hydrogens is 547 g/mol. The van der Waals surface area contributed by atoms with E-state index in [0.717, 1.165) is 18.9 Å². The number of rotatable bonds is 13. The van der Waals surface area contributed by atoms with E-state index in [4.69, 9.17) is 26.3 Å². The molecule has 1 aliphatic rings. The van der Waals surface area contributed by atoms with Crippen LogP contribution in [0.15, 0.2) is 30.3 Å². The second-order valence-electron chi connectivity index (χ2n) is 12.3. The minimum Gasteiger partial charge on any atom is -0.409 e. The highest BCUT2D eigenvalue weighted by atomic mass is 31.2. The van der Waals surface area contributed by atoms with Crippen molar-refractivity contribution in [3.05, 3.63) is 35.9 Å². The molecule has 1 saturated heterocycles. The van der Waals surface area contributed by atoms with Crippen LogP contribution in [0.4, 0.5) is 8.78 Å². The maximum absolute atomic E-state index is 15.5. The number of benzene rings is 1. The lowest BCUT2D eigenvalue weighted by Crippen LogP contribution is -2.53. The maximum Gasteiger partial charge on any atom is 0.300 e. The SMILES string of the molecule is [B][C@@H]1O[C@@](CCP(C)(=O)OCC)(CC(F)(F)P(C)(C)=O)C(OCc2ccccc2)[C@@H]1O[Si](C)(C)C(C)(C)C. The van der Waals surface area contributed by atoms with Gasteiger partial charge in [0.05, 0.1) is 25.7 Å². The number of hydrogen-bond donors (Lipinski definition) is 0. The molecule has 0 N–H and O–H groups in total. The molecule has 5 atom stereocenters. The van der Waals surface area contributed by atoms with E-state index in [1.165, 1.54) is 6.66 Å². The maximum atomic E-state index is 15.5. The summed E-state index contributed by atoms with van der Waals surface area (Å²) >= 11 is 0. The molecule has 0 aliphatic carbocycles. The third-order valence-electron chi connectivity index (χ3n) is 7.66. The third kappa shape index (κ3) is 8.34. The van der Waals surface area contributed by atoms with Crippen molar-refractivity contribution >= 4 is 30.7 Å². The van der Waals surface area contributed by atoms with Crippen LogP contribution in [-0.4, -0.2) is 78.4 Å². The topological polar surface area (TPSA) is 71.1 Å². The van der Waals surface area contributed by atoms with E-state index in [-0.39, 0.29) is 30.8 Å². The van der Waals surface area contributed by atoms with Crippen molar-refractivity contribution in [2.24, 2.45) is 0 Å². The summed E-state index contributed by atoms with van der Waals surface area (Å²) in [5.74, 6) is 0. The molecule has 1 heterocycles. The van der Waals surface area contributed by atoms with Gasteiger partial charge >= 0.3 is 0 Å². The summed E-state index contributed by atoms with van der Waals surface area (Å²) in [6.45, 7) is 16.0. The first-order valence-corrected chi connectivity index (χ1v) is 20.8. The van der Waals surface area contributed by atoms with Gasteiger partial charge < -0.3 is 23.0 Å². The van der Waals surface area contributed by atoms with Gasteiger partial charge in [0.2, 0.25) is 0 Å². The van der Waals surface area contributed by atoms with Crippen molar-refractivity contribution in [1.82, 2.24) is 0 Å². The molecule has 6 nitrogen and oxygen atoms in total. The fourth-order valence-electron chi connectivity index (χ4n) is 4.24. The fraction of sp³-hybridized carbons (Fsp3) is 0.769. The Morgan fingerprint density at radius 1 is 1.11 bits per heavy atom. The van der Waals surface area contributed by atoms with Crippen LogP contribution in [0.5, 0.6) is 0 Å². The quantitative estimate of drug-likeness (QED) is 0.179. The van der Waals surface area contributed by atoms with E-state index in [2.05, 4.69) is 20.8 Å². The van der Waals surface area contributed by atoms with Crippen LogP contribution in [0.25, 0.3) is 0 Å². The summed E-state index contributed by atoms with van der Waals surface area (Å²) in [5, 5.41) is -0.192. The minimum atomic E-state index is -3.89. The number of halogens is 2. The monoisotopic (exact) mass is 592 g/mol. The molecule has 1 fully saturated rings. The number of alkyl halides is 2. The summed E-state index contributed by atoms with van der Waals surface area (Å²) in [5.41, 5.74) is -4.43. The highest BCUT2D eigenvalue weighted by molar-refractivity contribution is 7.63. The Bertz CT molecular complexity index is 1020. The van der Waals surface area contributed by atoms with Crippen LogP contribution in [0.3, 0.4) is 0 Å². The van der Waals surface area contributed by atoms with Gasteiger partial charge in [-0.1, -0.05) is 51.1 Å². The summed E-state index contributed by atoms with van der Waals surface area (Å²) in [6.07, 6.45) is -2.89. The smallest absolute Gasteiger partial charge is 0.300 e. The predicted octanol–water partition coefficient (Wildman–Crippen LogP) is 7.17. The molecule has 12 heteroatoms. The van der Waals surface area contributed by atoms with Crippen LogP contribution < -0.4 is 0 Å². The molecule has 216 valence electrons. The van der Waals surface area contributed by atoms with Crippen LogP contribution in [0.1, 0.15) is 46.1 Å². The average molecular weight is 592 g/mol. The molecule has 2 unspecified atom stereocenters. The molecule has 1 aromatic rings. The summed E-state index contributed by atoms with van der Waals surface area (Å²) in [6, 6.07) is 8.27. The van der Waals surface area contributed by atoms with E-state index >= 15 is 8.78 Å². The Morgan fingerprint density at radius 2 is 1.68 bits per heavy atom. The number of hydrogen-bond acceptors (Lipinski definition) is 6. The molecule has 1 aliphatic heterocycles. The van der Waals surface area contributed by atoms with Gasteiger partial charge in [-0.15, -0.1) is 0 Å². The second-order valence-corrected chi connectivity index (χ2v) is 23.2. The first kappa shape index (κ1) is 33.9. The predicted molar refractivity (Wildman–Crippen MR) is 154 cm³/mol. The van der Waals surface area contributed by atoms with E-state index in [1.807, 2.05) is 43.4 Å². The molecule has 2 rings (SSSR count). The molecule has 0 spiro atoms. The Morgan fingerprint density at radius 3 is 2.18 bits per heavy atom. The largest absolute Gasteiger partial charge is 0.409 e.